The first-order valence-corrected chi connectivity index (χ1v) is 6.99. The molecule has 0 amide bonds. The summed E-state index contributed by atoms with van der Waals surface area (Å²) < 4.78 is 11.1. The normalized spacial score (nSPS) is 14.8. The molecule has 0 aliphatic rings. The molecular weight excluding hydrogens is 216 g/mol. The van der Waals surface area contributed by atoms with E-state index in [2.05, 4.69) is 20.8 Å². The highest BCUT2D eigenvalue weighted by Gasteiger charge is 2.17. The highest BCUT2D eigenvalue weighted by Crippen LogP contribution is 2.13. The van der Waals surface area contributed by atoms with E-state index in [9.17, 15) is 5.11 Å². The third-order valence-corrected chi connectivity index (χ3v) is 3.02. The van der Waals surface area contributed by atoms with E-state index in [1.165, 1.54) is 0 Å². The van der Waals surface area contributed by atoms with Crippen molar-refractivity contribution in [3.05, 3.63) is 0 Å². The van der Waals surface area contributed by atoms with Crippen LogP contribution in [0.5, 0.6) is 0 Å². The van der Waals surface area contributed by atoms with Gasteiger partial charge < -0.3 is 9.47 Å². The van der Waals surface area contributed by atoms with Crippen LogP contribution in [0.1, 0.15) is 46.5 Å². The fraction of sp³-hybridized carbons (Fsp3) is 1.00. The van der Waals surface area contributed by atoms with Crippen molar-refractivity contribution < 1.29 is 14.6 Å². The molecule has 0 aliphatic carbocycles. The van der Waals surface area contributed by atoms with Crippen molar-refractivity contribution in [3.63, 3.8) is 0 Å². The van der Waals surface area contributed by atoms with Crippen molar-refractivity contribution in [2.24, 2.45) is 11.8 Å². The summed E-state index contributed by atoms with van der Waals surface area (Å²) in [5.41, 5.74) is 0. The van der Waals surface area contributed by atoms with Crippen LogP contribution in [0.3, 0.4) is 0 Å². The van der Waals surface area contributed by atoms with Gasteiger partial charge in [0.1, 0.15) is 0 Å². The number of hydrogen-bond donors (Lipinski definition) is 0. The molecule has 0 heterocycles. The minimum atomic E-state index is -0.0651. The van der Waals surface area contributed by atoms with Crippen LogP contribution < -0.4 is 0 Å². The Morgan fingerprint density at radius 1 is 0.941 bits per heavy atom. The van der Waals surface area contributed by atoms with E-state index < -0.39 is 0 Å². The monoisotopic (exact) mass is 245 g/mol. The molecule has 0 fully saturated rings. The topological polar surface area (TPSA) is 38.4 Å². The summed E-state index contributed by atoms with van der Waals surface area (Å²) in [7, 11) is 0. The van der Waals surface area contributed by atoms with Crippen LogP contribution in [0.15, 0.2) is 0 Å². The van der Waals surface area contributed by atoms with E-state index in [0.29, 0.717) is 19.1 Å². The van der Waals surface area contributed by atoms with Crippen molar-refractivity contribution in [2.45, 2.75) is 46.5 Å². The van der Waals surface area contributed by atoms with Gasteiger partial charge >= 0.3 is 0 Å². The van der Waals surface area contributed by atoms with Crippen molar-refractivity contribution in [1.29, 1.82) is 0 Å². The maximum absolute atomic E-state index is 11.1. The summed E-state index contributed by atoms with van der Waals surface area (Å²) in [5, 5.41) is 11.1. The van der Waals surface area contributed by atoms with Gasteiger partial charge in [-0.15, -0.1) is 0 Å². The molecular formula is C14H29O3. The third-order valence-electron chi connectivity index (χ3n) is 3.02. The van der Waals surface area contributed by atoms with Crippen LogP contribution in [0.25, 0.3) is 0 Å². The second-order valence-electron chi connectivity index (χ2n) is 4.76. The van der Waals surface area contributed by atoms with Crippen molar-refractivity contribution >= 4 is 0 Å². The number of unbranched alkanes of at least 4 members (excludes halogenated alkanes) is 2. The Hall–Kier alpha value is -0.120. The highest BCUT2D eigenvalue weighted by atomic mass is 16.5. The lowest BCUT2D eigenvalue weighted by Gasteiger charge is -2.21. The Bertz CT molecular complexity index is 150. The first-order valence-electron chi connectivity index (χ1n) is 6.99. The van der Waals surface area contributed by atoms with Crippen molar-refractivity contribution in [3.8, 4) is 0 Å². The molecule has 2 unspecified atom stereocenters. The molecule has 0 aromatic rings. The van der Waals surface area contributed by atoms with Crippen molar-refractivity contribution in [2.75, 3.05) is 33.0 Å². The van der Waals surface area contributed by atoms with Crippen LogP contribution in [-0.2, 0) is 14.6 Å². The zero-order valence-corrected chi connectivity index (χ0v) is 11.7. The van der Waals surface area contributed by atoms with E-state index in [4.69, 9.17) is 9.47 Å². The van der Waals surface area contributed by atoms with Gasteiger partial charge in [-0.05, 0) is 18.8 Å². The second kappa shape index (κ2) is 12.3. The van der Waals surface area contributed by atoms with Gasteiger partial charge in [0, 0.05) is 25.7 Å². The molecule has 3 nitrogen and oxygen atoms in total. The van der Waals surface area contributed by atoms with Crippen LogP contribution in [0.2, 0.25) is 0 Å². The third kappa shape index (κ3) is 9.57. The quantitative estimate of drug-likeness (QED) is 0.495. The summed E-state index contributed by atoms with van der Waals surface area (Å²) >= 11 is 0. The number of hydrogen-bond acceptors (Lipinski definition) is 2. The summed E-state index contributed by atoms with van der Waals surface area (Å²) in [5.74, 6) is 0.388. The Kier molecular flexibility index (Phi) is 12.3. The van der Waals surface area contributed by atoms with Crippen LogP contribution >= 0.6 is 0 Å². The van der Waals surface area contributed by atoms with Gasteiger partial charge in [-0.25, -0.2) is 5.11 Å². The number of rotatable bonds is 12. The summed E-state index contributed by atoms with van der Waals surface area (Å²) in [6.07, 6.45) is 4.46. The highest BCUT2D eigenvalue weighted by molar-refractivity contribution is 4.64. The minimum Gasteiger partial charge on any atom is -0.381 e. The maximum Gasteiger partial charge on any atom is 0.0875 e. The molecule has 0 bridgehead atoms. The summed E-state index contributed by atoms with van der Waals surface area (Å²) in [6.45, 7) is 9.15. The van der Waals surface area contributed by atoms with Crippen LogP contribution in [-0.4, -0.2) is 33.0 Å². The van der Waals surface area contributed by atoms with Gasteiger partial charge in [-0.2, -0.15) is 0 Å². The van der Waals surface area contributed by atoms with Gasteiger partial charge in [0.15, 0.2) is 0 Å². The Morgan fingerprint density at radius 3 is 1.94 bits per heavy atom. The van der Waals surface area contributed by atoms with Gasteiger partial charge in [0.2, 0.25) is 0 Å². The number of ether oxygens (including phenoxy) is 2. The smallest absolute Gasteiger partial charge is 0.0875 e. The molecule has 0 aromatic heterocycles. The molecule has 0 saturated carbocycles. The zero-order valence-electron chi connectivity index (χ0n) is 11.7. The molecule has 0 aromatic carbocycles. The Labute approximate surface area is 107 Å². The average molecular weight is 245 g/mol. The van der Waals surface area contributed by atoms with Crippen LogP contribution in [0.4, 0.5) is 0 Å². The van der Waals surface area contributed by atoms with Gasteiger partial charge in [-0.3, -0.25) is 0 Å². The first-order chi connectivity index (χ1) is 8.26. The predicted octanol–water partition coefficient (Wildman–Crippen LogP) is 3.30. The Balaban J connectivity index is 3.60. The fourth-order valence-electron chi connectivity index (χ4n) is 1.51. The zero-order chi connectivity index (χ0) is 12.9. The standard InChI is InChI=1S/C14H29O3/c1-4-6-8-16-11-13(3)14(10-15)12-17-9-7-5-2/h13-14H,4-12H2,1-3H3. The molecule has 0 saturated heterocycles. The molecule has 103 valence electrons. The largest absolute Gasteiger partial charge is 0.381 e. The Morgan fingerprint density at radius 2 is 1.47 bits per heavy atom. The van der Waals surface area contributed by atoms with E-state index in [1.54, 1.807) is 0 Å². The molecule has 3 heteroatoms. The summed E-state index contributed by atoms with van der Waals surface area (Å²) in [6, 6.07) is 0. The fourth-order valence-corrected chi connectivity index (χ4v) is 1.51. The summed E-state index contributed by atoms with van der Waals surface area (Å²) in [4.78, 5) is 0. The van der Waals surface area contributed by atoms with Gasteiger partial charge in [0.25, 0.3) is 0 Å². The SMILES string of the molecule is CCCCOCC(C)C(C[O])COCCCC. The first kappa shape index (κ1) is 16.9. The maximum atomic E-state index is 11.1. The molecule has 1 radical (unpaired) electrons. The molecule has 2 atom stereocenters. The van der Waals surface area contributed by atoms with Crippen LogP contribution in [0, 0.1) is 11.8 Å². The molecule has 0 spiro atoms. The lowest BCUT2D eigenvalue weighted by Crippen LogP contribution is -2.25. The molecule has 17 heavy (non-hydrogen) atoms. The lowest BCUT2D eigenvalue weighted by molar-refractivity contribution is -0.000179. The average Bonchev–Trinajstić information content (AvgIpc) is 2.34. The van der Waals surface area contributed by atoms with E-state index >= 15 is 0 Å². The van der Waals surface area contributed by atoms with E-state index in [0.717, 1.165) is 38.9 Å². The molecule has 0 N–H and O–H groups in total. The van der Waals surface area contributed by atoms with Gasteiger partial charge in [-0.1, -0.05) is 33.6 Å². The van der Waals surface area contributed by atoms with E-state index in [1.807, 2.05) is 0 Å². The second-order valence-corrected chi connectivity index (χ2v) is 4.76. The lowest BCUT2D eigenvalue weighted by atomic mass is 9.96. The predicted molar refractivity (Wildman–Crippen MR) is 69.7 cm³/mol. The molecule has 0 aliphatic heterocycles. The van der Waals surface area contributed by atoms with Crippen molar-refractivity contribution in [1.82, 2.24) is 0 Å². The van der Waals surface area contributed by atoms with Gasteiger partial charge in [0.05, 0.1) is 13.2 Å². The molecule has 0 rings (SSSR count). The minimum absolute atomic E-state index is 0.0651. The van der Waals surface area contributed by atoms with E-state index in [-0.39, 0.29) is 12.5 Å².